The molecule has 0 aromatic heterocycles. The molecule has 5 nitrogen and oxygen atoms in total. The molecular formula is C24H28ClF4N3O2. The summed E-state index contributed by atoms with van der Waals surface area (Å²) in [6.07, 6.45) is -1.68. The molecule has 1 aromatic rings. The first-order valence-electron chi connectivity index (χ1n) is 11.4. The summed E-state index contributed by atoms with van der Waals surface area (Å²) in [5.41, 5.74) is 0.321. The Hall–Kier alpha value is -2.13. The first-order chi connectivity index (χ1) is 15.9. The second-order valence-electron chi connectivity index (χ2n) is 9.90. The van der Waals surface area contributed by atoms with Crippen LogP contribution in [-0.2, 0) is 9.59 Å². The summed E-state index contributed by atoms with van der Waals surface area (Å²) in [7, 11) is 0. The molecule has 0 saturated carbocycles. The third kappa shape index (κ3) is 4.82. The average Bonchev–Trinajstić information content (AvgIpc) is 3.14. The minimum atomic E-state index is -4.40. The summed E-state index contributed by atoms with van der Waals surface area (Å²) in [5.74, 6) is -2.38. The van der Waals surface area contributed by atoms with Crippen molar-refractivity contribution in [3.63, 3.8) is 0 Å². The van der Waals surface area contributed by atoms with Crippen LogP contribution in [0.3, 0.4) is 0 Å². The monoisotopic (exact) mass is 501 g/mol. The maximum Gasteiger partial charge on any atom is 0.401 e. The lowest BCUT2D eigenvalue weighted by Gasteiger charge is -2.56. The molecule has 3 fully saturated rings. The molecule has 0 bridgehead atoms. The Morgan fingerprint density at radius 2 is 1.97 bits per heavy atom. The van der Waals surface area contributed by atoms with Crippen LogP contribution in [0.4, 0.5) is 17.6 Å². The van der Waals surface area contributed by atoms with E-state index in [0.717, 1.165) is 0 Å². The van der Waals surface area contributed by atoms with Gasteiger partial charge in [-0.3, -0.25) is 14.5 Å². The highest BCUT2D eigenvalue weighted by atomic mass is 35.5. The number of alkyl halides is 3. The Bertz CT molecular complexity index is 979. The van der Waals surface area contributed by atoms with Gasteiger partial charge in [-0.25, -0.2) is 4.39 Å². The third-order valence-electron chi connectivity index (χ3n) is 7.46. The van der Waals surface area contributed by atoms with Crippen molar-refractivity contribution in [1.29, 1.82) is 0 Å². The molecule has 2 amide bonds. The second kappa shape index (κ2) is 9.15. The second-order valence-corrected chi connectivity index (χ2v) is 10.3. The van der Waals surface area contributed by atoms with Gasteiger partial charge in [0.15, 0.2) is 0 Å². The van der Waals surface area contributed by atoms with Gasteiger partial charge in [0.1, 0.15) is 5.82 Å². The number of piperidine rings is 1. The number of carbonyl (C=O) groups excluding carboxylic acids is 2. The quantitative estimate of drug-likeness (QED) is 0.461. The number of halogens is 5. The lowest BCUT2D eigenvalue weighted by Crippen LogP contribution is -2.64. The van der Waals surface area contributed by atoms with E-state index in [1.54, 1.807) is 15.9 Å². The van der Waals surface area contributed by atoms with Crippen LogP contribution in [0.25, 0.3) is 0 Å². The topological polar surface area (TPSA) is 43.9 Å². The number of benzene rings is 1. The van der Waals surface area contributed by atoms with Crippen molar-refractivity contribution in [3.8, 4) is 0 Å². The Morgan fingerprint density at radius 1 is 1.26 bits per heavy atom. The Balaban J connectivity index is 1.51. The number of rotatable bonds is 4. The van der Waals surface area contributed by atoms with Crippen molar-refractivity contribution in [2.75, 3.05) is 39.3 Å². The first kappa shape index (κ1) is 25.0. The van der Waals surface area contributed by atoms with Crippen molar-refractivity contribution in [2.24, 2.45) is 11.3 Å². The number of hydrogen-bond donors (Lipinski definition) is 0. The lowest BCUT2D eigenvalue weighted by molar-refractivity contribution is -0.153. The van der Waals surface area contributed by atoms with Gasteiger partial charge < -0.3 is 9.80 Å². The Labute approximate surface area is 201 Å². The molecule has 1 spiro atoms. The molecule has 4 rings (SSSR count). The molecule has 0 N–H and O–H groups in total. The van der Waals surface area contributed by atoms with Gasteiger partial charge in [-0.2, -0.15) is 13.2 Å². The van der Waals surface area contributed by atoms with Crippen LogP contribution in [0.5, 0.6) is 0 Å². The van der Waals surface area contributed by atoms with Crippen LogP contribution < -0.4 is 0 Å². The van der Waals surface area contributed by atoms with Crippen LogP contribution in [0, 0.1) is 17.2 Å². The van der Waals surface area contributed by atoms with Crippen LogP contribution in [-0.4, -0.2) is 78.0 Å². The highest BCUT2D eigenvalue weighted by molar-refractivity contribution is 6.31. The fraction of sp³-hybridized carbons (Fsp3) is 0.583. The summed E-state index contributed by atoms with van der Waals surface area (Å²) in [4.78, 5) is 30.1. The van der Waals surface area contributed by atoms with E-state index in [0.29, 0.717) is 38.0 Å². The SMILES string of the molecule is C=CC(=O)N1CC2(CCN(C(=O)[C@H]3CN(CC(F)(F)F)C[C@H]3c3cccc(F)c3Cl)[C@H](C)C2)C1. The smallest absolute Gasteiger partial charge is 0.340 e. The zero-order valence-corrected chi connectivity index (χ0v) is 19.7. The average molecular weight is 502 g/mol. The molecule has 3 heterocycles. The maximum absolute atomic E-state index is 14.1. The predicted octanol–water partition coefficient (Wildman–Crippen LogP) is 4.08. The molecule has 1 aromatic carbocycles. The summed E-state index contributed by atoms with van der Waals surface area (Å²) in [6.45, 7) is 5.93. The first-order valence-corrected chi connectivity index (χ1v) is 11.8. The molecule has 3 atom stereocenters. The van der Waals surface area contributed by atoms with Gasteiger partial charge in [-0.15, -0.1) is 0 Å². The van der Waals surface area contributed by atoms with Crippen molar-refractivity contribution < 1.29 is 27.2 Å². The van der Waals surface area contributed by atoms with Crippen molar-refractivity contribution in [2.45, 2.75) is 37.9 Å². The van der Waals surface area contributed by atoms with Gasteiger partial charge in [-0.05, 0) is 37.5 Å². The van der Waals surface area contributed by atoms with Crippen LogP contribution in [0.2, 0.25) is 5.02 Å². The molecule has 10 heteroatoms. The van der Waals surface area contributed by atoms with Gasteiger partial charge in [0, 0.05) is 50.1 Å². The van der Waals surface area contributed by atoms with Crippen LogP contribution in [0.1, 0.15) is 31.2 Å². The predicted molar refractivity (Wildman–Crippen MR) is 120 cm³/mol. The minimum Gasteiger partial charge on any atom is -0.340 e. The molecular weight excluding hydrogens is 474 g/mol. The summed E-state index contributed by atoms with van der Waals surface area (Å²) in [5, 5.41) is -0.147. The number of carbonyl (C=O) groups is 2. The van der Waals surface area contributed by atoms with Gasteiger partial charge in [0.2, 0.25) is 11.8 Å². The number of nitrogens with zero attached hydrogens (tertiary/aromatic N) is 3. The highest BCUT2D eigenvalue weighted by Crippen LogP contribution is 2.45. The zero-order valence-electron chi connectivity index (χ0n) is 19.0. The summed E-state index contributed by atoms with van der Waals surface area (Å²) in [6, 6.07) is 4.12. The van der Waals surface area contributed by atoms with E-state index < -0.39 is 30.4 Å². The third-order valence-corrected chi connectivity index (χ3v) is 7.86. The van der Waals surface area contributed by atoms with Gasteiger partial charge >= 0.3 is 6.18 Å². The molecule has 3 saturated heterocycles. The molecule has 0 aliphatic carbocycles. The van der Waals surface area contributed by atoms with Crippen molar-refractivity contribution >= 4 is 23.4 Å². The fourth-order valence-corrected chi connectivity index (χ4v) is 6.20. The number of likely N-dealkylation sites (tertiary alicyclic amines) is 3. The largest absolute Gasteiger partial charge is 0.401 e. The lowest BCUT2D eigenvalue weighted by atomic mass is 9.69. The summed E-state index contributed by atoms with van der Waals surface area (Å²) >= 11 is 6.17. The van der Waals surface area contributed by atoms with E-state index in [4.69, 9.17) is 11.6 Å². The molecule has 0 unspecified atom stereocenters. The van der Waals surface area contributed by atoms with Crippen LogP contribution in [0.15, 0.2) is 30.9 Å². The summed E-state index contributed by atoms with van der Waals surface area (Å²) < 4.78 is 53.5. The van der Waals surface area contributed by atoms with E-state index in [-0.39, 0.29) is 41.4 Å². The van der Waals surface area contributed by atoms with E-state index in [2.05, 4.69) is 6.58 Å². The Kier molecular flexibility index (Phi) is 6.72. The van der Waals surface area contributed by atoms with E-state index in [1.165, 1.54) is 23.1 Å². The zero-order chi connectivity index (χ0) is 24.8. The van der Waals surface area contributed by atoms with E-state index in [9.17, 15) is 27.2 Å². The van der Waals surface area contributed by atoms with Gasteiger partial charge in [0.25, 0.3) is 0 Å². The highest BCUT2D eigenvalue weighted by Gasteiger charge is 2.51. The molecule has 34 heavy (non-hydrogen) atoms. The Morgan fingerprint density at radius 3 is 2.59 bits per heavy atom. The van der Waals surface area contributed by atoms with E-state index in [1.807, 2.05) is 6.92 Å². The molecule has 3 aliphatic heterocycles. The van der Waals surface area contributed by atoms with Crippen molar-refractivity contribution in [3.05, 3.63) is 47.3 Å². The van der Waals surface area contributed by atoms with Crippen LogP contribution >= 0.6 is 11.6 Å². The van der Waals surface area contributed by atoms with Gasteiger partial charge in [0.05, 0.1) is 17.5 Å². The normalized spacial score (nSPS) is 27.1. The van der Waals surface area contributed by atoms with Gasteiger partial charge in [-0.1, -0.05) is 30.3 Å². The number of hydrogen-bond acceptors (Lipinski definition) is 3. The van der Waals surface area contributed by atoms with Crippen molar-refractivity contribution in [1.82, 2.24) is 14.7 Å². The fourth-order valence-electron chi connectivity index (χ4n) is 5.93. The molecule has 186 valence electrons. The maximum atomic E-state index is 14.1. The van der Waals surface area contributed by atoms with E-state index >= 15 is 0 Å². The standard InChI is InChI=1S/C24H28ClF4N3O2/c1-3-20(33)31-12-23(13-31)7-8-32(15(2)9-23)22(34)18-11-30(14-24(27,28)29)10-17(18)16-5-4-6-19(26)21(16)25/h3-6,15,17-18H,1,7-14H2,2H3/t15-,17+,18+/m1/s1. The minimum absolute atomic E-state index is 0.0239. The molecule has 0 radical (unpaired) electrons. The molecule has 3 aliphatic rings. The number of amides is 2.